The fraction of sp³-hybridized carbons (Fsp3) is 0.217. The zero-order valence-electron chi connectivity index (χ0n) is 17.2. The molecule has 0 spiro atoms. The monoisotopic (exact) mass is 435 g/mol. The maximum absolute atomic E-state index is 13.8. The number of hydrogen-bond acceptors (Lipinski definition) is 6. The molecule has 2 amide bonds. The molecule has 2 heterocycles. The highest BCUT2D eigenvalue weighted by molar-refractivity contribution is 5.93. The summed E-state index contributed by atoms with van der Waals surface area (Å²) in [6.45, 7) is 1.49. The van der Waals surface area contributed by atoms with Gasteiger partial charge in [-0.1, -0.05) is 24.3 Å². The Morgan fingerprint density at radius 2 is 1.88 bits per heavy atom. The van der Waals surface area contributed by atoms with Gasteiger partial charge in [-0.3, -0.25) is 24.5 Å². The first-order chi connectivity index (χ1) is 15.5. The number of carbonyl (C=O) groups excluding carboxylic acids is 2. The normalized spacial score (nSPS) is 16.5. The fourth-order valence-corrected chi connectivity index (χ4v) is 3.57. The Labute approximate surface area is 184 Å². The first-order valence-electron chi connectivity index (χ1n) is 10.1. The molecule has 0 aliphatic carbocycles. The molecule has 1 fully saturated rings. The van der Waals surface area contributed by atoms with Gasteiger partial charge >= 0.3 is 0 Å². The lowest BCUT2D eigenvalue weighted by atomic mass is 10.0. The molecule has 0 radical (unpaired) electrons. The lowest BCUT2D eigenvalue weighted by Gasteiger charge is -2.32. The van der Waals surface area contributed by atoms with Gasteiger partial charge < -0.3 is 15.8 Å². The van der Waals surface area contributed by atoms with Gasteiger partial charge in [0.15, 0.2) is 0 Å². The van der Waals surface area contributed by atoms with E-state index in [-0.39, 0.29) is 18.1 Å². The smallest absolute Gasteiger partial charge is 0.248 e. The van der Waals surface area contributed by atoms with Crippen molar-refractivity contribution in [3.63, 3.8) is 0 Å². The summed E-state index contributed by atoms with van der Waals surface area (Å²) >= 11 is 0. The molecule has 0 saturated carbocycles. The average molecular weight is 435 g/mol. The SMILES string of the molecule is NC(=O)c1ccc(-c2nccnc2[C@H]2CN(CC(=O)Nc3ccccc3F)CCO2)cc1. The first-order valence-corrected chi connectivity index (χ1v) is 10.1. The number of nitrogens with one attached hydrogen (secondary N) is 1. The van der Waals surface area contributed by atoms with Crippen LogP contribution in [0.25, 0.3) is 11.3 Å². The van der Waals surface area contributed by atoms with Gasteiger partial charge in [0.05, 0.1) is 30.2 Å². The molecular formula is C23H22FN5O3. The number of halogens is 1. The van der Waals surface area contributed by atoms with Crippen LogP contribution in [0.5, 0.6) is 0 Å². The minimum atomic E-state index is -0.504. The summed E-state index contributed by atoms with van der Waals surface area (Å²) in [6.07, 6.45) is 2.78. The Bertz CT molecular complexity index is 1120. The fourth-order valence-electron chi connectivity index (χ4n) is 3.57. The number of benzene rings is 2. The lowest BCUT2D eigenvalue weighted by molar-refractivity contribution is -0.119. The zero-order chi connectivity index (χ0) is 22.5. The number of hydrogen-bond donors (Lipinski definition) is 2. The molecule has 1 aromatic heterocycles. The van der Waals surface area contributed by atoms with Crippen molar-refractivity contribution < 1.29 is 18.7 Å². The quantitative estimate of drug-likeness (QED) is 0.615. The predicted octanol–water partition coefficient (Wildman–Crippen LogP) is 2.39. The van der Waals surface area contributed by atoms with Gasteiger partial charge in [-0.15, -0.1) is 0 Å². The van der Waals surface area contributed by atoms with Crippen LogP contribution in [0.3, 0.4) is 0 Å². The molecule has 164 valence electrons. The number of primary amides is 1. The van der Waals surface area contributed by atoms with Gasteiger partial charge in [0.2, 0.25) is 11.8 Å². The zero-order valence-corrected chi connectivity index (χ0v) is 17.2. The number of morpholine rings is 1. The van der Waals surface area contributed by atoms with Crippen molar-refractivity contribution in [1.29, 1.82) is 0 Å². The molecule has 8 nitrogen and oxygen atoms in total. The number of anilines is 1. The standard InChI is InChI=1S/C23H22FN5O3/c24-17-3-1-2-4-18(17)28-20(30)14-29-11-12-32-19(13-29)22-21(26-9-10-27-22)15-5-7-16(8-6-15)23(25)31/h1-10,19H,11-14H2,(H2,25,31)(H,28,30)/t19-/m1/s1. The minimum absolute atomic E-state index is 0.0943. The van der Waals surface area contributed by atoms with Crippen molar-refractivity contribution in [3.05, 3.63) is 78.0 Å². The molecule has 1 atom stereocenters. The van der Waals surface area contributed by atoms with Gasteiger partial charge in [0.25, 0.3) is 0 Å². The number of aromatic nitrogens is 2. The van der Waals surface area contributed by atoms with E-state index < -0.39 is 17.8 Å². The van der Waals surface area contributed by atoms with Crippen LogP contribution < -0.4 is 11.1 Å². The Morgan fingerprint density at radius 3 is 2.62 bits per heavy atom. The second-order valence-corrected chi connectivity index (χ2v) is 7.35. The summed E-state index contributed by atoms with van der Waals surface area (Å²) in [5.41, 5.74) is 7.91. The van der Waals surface area contributed by atoms with Crippen LogP contribution in [0.4, 0.5) is 10.1 Å². The maximum atomic E-state index is 13.8. The molecule has 0 bridgehead atoms. The number of nitrogens with zero attached hydrogens (tertiary/aromatic N) is 3. The Kier molecular flexibility index (Phi) is 6.48. The summed E-state index contributed by atoms with van der Waals surface area (Å²) < 4.78 is 19.7. The molecule has 4 rings (SSSR count). The molecule has 0 unspecified atom stereocenters. The van der Waals surface area contributed by atoms with E-state index in [1.807, 2.05) is 4.90 Å². The van der Waals surface area contributed by atoms with Gasteiger partial charge in [-0.2, -0.15) is 0 Å². The Hall–Kier alpha value is -3.69. The summed E-state index contributed by atoms with van der Waals surface area (Å²) in [5.74, 6) is -1.29. The van der Waals surface area contributed by atoms with Crippen LogP contribution in [0.15, 0.2) is 60.9 Å². The van der Waals surface area contributed by atoms with Crippen LogP contribution in [-0.4, -0.2) is 52.9 Å². The van der Waals surface area contributed by atoms with E-state index in [0.717, 1.165) is 5.56 Å². The molecule has 32 heavy (non-hydrogen) atoms. The Morgan fingerprint density at radius 1 is 1.12 bits per heavy atom. The lowest BCUT2D eigenvalue weighted by Crippen LogP contribution is -2.43. The molecule has 1 aliphatic heterocycles. The summed E-state index contributed by atoms with van der Waals surface area (Å²) in [5, 5.41) is 2.60. The van der Waals surface area contributed by atoms with Crippen molar-refractivity contribution in [2.75, 3.05) is 31.6 Å². The first kappa shape index (κ1) is 21.5. The van der Waals surface area contributed by atoms with Crippen molar-refractivity contribution in [3.8, 4) is 11.3 Å². The van der Waals surface area contributed by atoms with Crippen LogP contribution in [0.2, 0.25) is 0 Å². The average Bonchev–Trinajstić information content (AvgIpc) is 2.81. The second-order valence-electron chi connectivity index (χ2n) is 7.35. The van der Waals surface area contributed by atoms with Crippen molar-refractivity contribution in [2.45, 2.75) is 6.10 Å². The third-order valence-electron chi connectivity index (χ3n) is 5.14. The topological polar surface area (TPSA) is 110 Å². The highest BCUT2D eigenvalue weighted by atomic mass is 19.1. The number of carbonyl (C=O) groups is 2. The number of nitrogens with two attached hydrogens (primary N) is 1. The molecule has 3 N–H and O–H groups in total. The van der Waals surface area contributed by atoms with E-state index in [1.165, 1.54) is 12.1 Å². The number of amides is 2. The Balaban J connectivity index is 1.47. The van der Waals surface area contributed by atoms with E-state index in [0.29, 0.717) is 36.6 Å². The van der Waals surface area contributed by atoms with Gasteiger partial charge in [-0.05, 0) is 24.3 Å². The van der Waals surface area contributed by atoms with Crippen LogP contribution in [-0.2, 0) is 9.53 Å². The van der Waals surface area contributed by atoms with Crippen LogP contribution in [0, 0.1) is 5.82 Å². The van der Waals surface area contributed by atoms with Gasteiger partial charge in [0.1, 0.15) is 11.9 Å². The minimum Gasteiger partial charge on any atom is -0.369 e. The van der Waals surface area contributed by atoms with E-state index in [9.17, 15) is 14.0 Å². The number of rotatable bonds is 6. The molecule has 9 heteroatoms. The van der Waals surface area contributed by atoms with Crippen molar-refractivity contribution >= 4 is 17.5 Å². The summed E-state index contributed by atoms with van der Waals surface area (Å²) in [6, 6.07) is 12.8. The predicted molar refractivity (Wildman–Crippen MR) is 116 cm³/mol. The summed E-state index contributed by atoms with van der Waals surface area (Å²) in [7, 11) is 0. The highest BCUT2D eigenvalue weighted by Crippen LogP contribution is 2.29. The van der Waals surface area contributed by atoms with E-state index in [2.05, 4.69) is 15.3 Å². The van der Waals surface area contributed by atoms with Crippen LogP contribution in [0.1, 0.15) is 22.2 Å². The number of para-hydroxylation sites is 1. The highest BCUT2D eigenvalue weighted by Gasteiger charge is 2.27. The van der Waals surface area contributed by atoms with Crippen LogP contribution >= 0.6 is 0 Å². The molecule has 1 saturated heterocycles. The van der Waals surface area contributed by atoms with Gasteiger partial charge in [0, 0.05) is 36.6 Å². The van der Waals surface area contributed by atoms with Crippen molar-refractivity contribution in [1.82, 2.24) is 14.9 Å². The molecular weight excluding hydrogens is 413 g/mol. The molecule has 1 aliphatic rings. The number of ether oxygens (including phenoxy) is 1. The van der Waals surface area contributed by atoms with Gasteiger partial charge in [-0.25, -0.2) is 4.39 Å². The third-order valence-corrected chi connectivity index (χ3v) is 5.14. The second kappa shape index (κ2) is 9.63. The molecule has 2 aromatic carbocycles. The van der Waals surface area contributed by atoms with E-state index >= 15 is 0 Å². The molecule has 3 aromatic rings. The van der Waals surface area contributed by atoms with E-state index in [1.54, 1.807) is 48.8 Å². The third kappa shape index (κ3) is 4.96. The van der Waals surface area contributed by atoms with Crippen molar-refractivity contribution in [2.24, 2.45) is 5.73 Å². The largest absolute Gasteiger partial charge is 0.369 e. The summed E-state index contributed by atoms with van der Waals surface area (Å²) in [4.78, 5) is 34.6. The maximum Gasteiger partial charge on any atom is 0.248 e. The van der Waals surface area contributed by atoms with E-state index in [4.69, 9.17) is 10.5 Å².